The molecule has 0 aliphatic carbocycles. The molecule has 0 aromatic rings. The van der Waals surface area contributed by atoms with Crippen LogP contribution in [-0.4, -0.2) is 24.9 Å². The van der Waals surface area contributed by atoms with Crippen molar-refractivity contribution in [2.75, 3.05) is 5.94 Å². The Labute approximate surface area is 52.4 Å². The van der Waals surface area contributed by atoms with Crippen LogP contribution in [0.4, 0.5) is 0 Å². The van der Waals surface area contributed by atoms with Gasteiger partial charge in [0.1, 0.15) is 10.1 Å². The lowest BCUT2D eigenvalue weighted by Gasteiger charge is -2.04. The molecule has 0 N–H and O–H groups in total. The molecule has 0 amide bonds. The van der Waals surface area contributed by atoms with E-state index in [1.54, 1.807) is 0 Å². The summed E-state index contributed by atoms with van der Waals surface area (Å²) in [6.07, 6.45) is 0. The Hall–Kier alpha value is -0.620. The summed E-state index contributed by atoms with van der Waals surface area (Å²) in [5.74, 6) is -1.86. The fourth-order valence-electron chi connectivity index (χ4n) is 0.155. The van der Waals surface area contributed by atoms with E-state index in [1.165, 1.54) is 0 Å². The number of esters is 1. The molecule has 0 atom stereocenters. The van der Waals surface area contributed by atoms with E-state index in [-0.39, 0.29) is 0 Å². The SMILES string of the molecule is CC(=O)OCS(=O)(=O)[O-]. The molecule has 54 valence electrons. The lowest BCUT2D eigenvalue weighted by Crippen LogP contribution is -2.10. The Bertz CT molecular complexity index is 190. The molecule has 0 rings (SSSR count). The van der Waals surface area contributed by atoms with Crippen LogP contribution in [0.3, 0.4) is 0 Å². The first-order valence-corrected chi connectivity index (χ1v) is 3.56. The molecule has 0 aliphatic rings. The number of carbonyl (C=O) groups excluding carboxylic acids is 1. The number of ether oxygens (including phenoxy) is 1. The molecule has 0 aromatic carbocycles. The molecule has 6 heteroatoms. The third-order valence-electron chi connectivity index (χ3n) is 0.407. The maximum atomic E-state index is 9.86. The fourth-order valence-corrected chi connectivity index (χ4v) is 0.465. The van der Waals surface area contributed by atoms with Gasteiger partial charge in [-0.2, -0.15) is 0 Å². The Kier molecular flexibility index (Phi) is 2.60. The van der Waals surface area contributed by atoms with E-state index in [0.29, 0.717) is 0 Å². The standard InChI is InChI=1S/C3H6O5S/c1-3(4)8-2-9(5,6)7/h2H2,1H3,(H,5,6,7)/p-1. The highest BCUT2D eigenvalue weighted by Gasteiger charge is 1.96. The molecular formula is C3H5O5S-. The van der Waals surface area contributed by atoms with Gasteiger partial charge in [-0.3, -0.25) is 4.79 Å². The summed E-state index contributed by atoms with van der Waals surface area (Å²) in [6.45, 7) is 1.02. The zero-order valence-corrected chi connectivity index (χ0v) is 5.47. The van der Waals surface area contributed by atoms with Crippen molar-refractivity contribution in [3.05, 3.63) is 0 Å². The molecule has 0 bridgehead atoms. The largest absolute Gasteiger partial charge is 0.745 e. The summed E-state index contributed by atoms with van der Waals surface area (Å²) in [4.78, 5) is 9.86. The van der Waals surface area contributed by atoms with Crippen molar-refractivity contribution in [3.63, 3.8) is 0 Å². The van der Waals surface area contributed by atoms with Crippen LogP contribution >= 0.6 is 0 Å². The van der Waals surface area contributed by atoms with E-state index in [4.69, 9.17) is 0 Å². The van der Waals surface area contributed by atoms with Crippen LogP contribution in [0.25, 0.3) is 0 Å². The number of hydrogen-bond donors (Lipinski definition) is 0. The number of carbonyl (C=O) groups is 1. The summed E-state index contributed by atoms with van der Waals surface area (Å²) in [7, 11) is -4.41. The summed E-state index contributed by atoms with van der Waals surface area (Å²) in [6, 6.07) is 0. The van der Waals surface area contributed by atoms with Crippen LogP contribution in [0.1, 0.15) is 6.92 Å². The summed E-state index contributed by atoms with van der Waals surface area (Å²) in [5.41, 5.74) is 0. The second-order valence-electron chi connectivity index (χ2n) is 1.31. The van der Waals surface area contributed by atoms with Crippen molar-refractivity contribution in [1.29, 1.82) is 0 Å². The molecule has 0 spiro atoms. The van der Waals surface area contributed by atoms with Gasteiger partial charge in [-0.25, -0.2) is 8.42 Å². The molecule has 0 saturated heterocycles. The molecule has 0 saturated carbocycles. The van der Waals surface area contributed by atoms with E-state index in [9.17, 15) is 17.8 Å². The molecule has 9 heavy (non-hydrogen) atoms. The van der Waals surface area contributed by atoms with Gasteiger partial charge >= 0.3 is 5.97 Å². The minimum atomic E-state index is -4.41. The van der Waals surface area contributed by atoms with Crippen LogP contribution in [0.5, 0.6) is 0 Å². The van der Waals surface area contributed by atoms with Crippen molar-refractivity contribution in [2.24, 2.45) is 0 Å². The molecule has 0 aliphatic heterocycles. The highest BCUT2D eigenvalue weighted by atomic mass is 32.2. The van der Waals surface area contributed by atoms with Gasteiger partial charge in [0.25, 0.3) is 0 Å². The minimum Gasteiger partial charge on any atom is -0.745 e. The monoisotopic (exact) mass is 153 g/mol. The van der Waals surface area contributed by atoms with Gasteiger partial charge in [0.2, 0.25) is 0 Å². The van der Waals surface area contributed by atoms with E-state index in [1.807, 2.05) is 0 Å². The van der Waals surface area contributed by atoms with E-state index >= 15 is 0 Å². The zero-order chi connectivity index (χ0) is 7.49. The Morgan fingerprint density at radius 3 is 2.22 bits per heavy atom. The van der Waals surface area contributed by atoms with Crippen LogP contribution in [0.15, 0.2) is 0 Å². The van der Waals surface area contributed by atoms with Gasteiger partial charge in [-0.1, -0.05) is 0 Å². The molecule has 0 unspecified atom stereocenters. The molecule has 0 fully saturated rings. The van der Waals surface area contributed by atoms with Crippen molar-refractivity contribution in [1.82, 2.24) is 0 Å². The van der Waals surface area contributed by atoms with Gasteiger partial charge in [-0.15, -0.1) is 0 Å². The van der Waals surface area contributed by atoms with Crippen LogP contribution < -0.4 is 0 Å². The quantitative estimate of drug-likeness (QED) is 0.377. The fraction of sp³-hybridized carbons (Fsp3) is 0.667. The number of hydrogen-bond acceptors (Lipinski definition) is 5. The second kappa shape index (κ2) is 2.79. The third kappa shape index (κ3) is 7.38. The van der Waals surface area contributed by atoms with Crippen molar-refractivity contribution in [3.8, 4) is 0 Å². The highest BCUT2D eigenvalue weighted by molar-refractivity contribution is 7.85. The minimum absolute atomic E-state index is 0.783. The summed E-state index contributed by atoms with van der Waals surface area (Å²) in [5, 5.41) is 0. The van der Waals surface area contributed by atoms with Gasteiger partial charge in [0.15, 0.2) is 5.94 Å². The van der Waals surface area contributed by atoms with E-state index in [0.717, 1.165) is 6.92 Å². The van der Waals surface area contributed by atoms with Crippen LogP contribution in [0.2, 0.25) is 0 Å². The van der Waals surface area contributed by atoms with E-state index in [2.05, 4.69) is 4.74 Å². The maximum Gasteiger partial charge on any atom is 0.303 e. The smallest absolute Gasteiger partial charge is 0.303 e. The van der Waals surface area contributed by atoms with Crippen molar-refractivity contribution in [2.45, 2.75) is 6.92 Å². The third-order valence-corrected chi connectivity index (χ3v) is 0.813. The Balaban J connectivity index is 3.67. The zero-order valence-electron chi connectivity index (χ0n) is 4.66. The van der Waals surface area contributed by atoms with Gasteiger partial charge in [0.05, 0.1) is 0 Å². The first-order chi connectivity index (χ1) is 3.92. The number of rotatable bonds is 2. The Morgan fingerprint density at radius 1 is 1.67 bits per heavy atom. The normalized spacial score (nSPS) is 10.9. The van der Waals surface area contributed by atoms with Crippen LogP contribution in [-0.2, 0) is 19.6 Å². The average molecular weight is 153 g/mol. The van der Waals surface area contributed by atoms with Crippen LogP contribution in [0, 0.1) is 0 Å². The Morgan fingerprint density at radius 2 is 2.11 bits per heavy atom. The first kappa shape index (κ1) is 8.38. The molecule has 0 aromatic heterocycles. The van der Waals surface area contributed by atoms with Crippen molar-refractivity contribution >= 4 is 16.1 Å². The topological polar surface area (TPSA) is 83.5 Å². The predicted octanol–water partition coefficient (Wildman–Crippen LogP) is -0.948. The maximum absolute atomic E-state index is 9.86. The highest BCUT2D eigenvalue weighted by Crippen LogP contribution is 1.83. The predicted molar refractivity (Wildman–Crippen MR) is 26.3 cm³/mol. The average Bonchev–Trinajstić information content (AvgIpc) is 1.59. The van der Waals surface area contributed by atoms with Gasteiger partial charge in [-0.05, 0) is 0 Å². The lowest BCUT2D eigenvalue weighted by atomic mass is 10.8. The van der Waals surface area contributed by atoms with Gasteiger partial charge < -0.3 is 9.29 Å². The summed E-state index contributed by atoms with van der Waals surface area (Å²) >= 11 is 0. The van der Waals surface area contributed by atoms with E-state index < -0.39 is 22.0 Å². The van der Waals surface area contributed by atoms with Crippen molar-refractivity contribution < 1.29 is 22.5 Å². The van der Waals surface area contributed by atoms with Gasteiger partial charge in [0, 0.05) is 6.92 Å². The first-order valence-electron chi connectivity index (χ1n) is 1.99. The summed E-state index contributed by atoms with van der Waals surface area (Å²) < 4.78 is 33.0. The molecule has 5 nitrogen and oxygen atoms in total. The molecule has 0 radical (unpaired) electrons. The lowest BCUT2D eigenvalue weighted by molar-refractivity contribution is -0.139. The molecular weight excluding hydrogens is 148 g/mol. The molecule has 0 heterocycles. The second-order valence-corrected chi connectivity index (χ2v) is 2.66.